The third kappa shape index (κ3) is 2.81. The lowest BCUT2D eigenvalue weighted by atomic mass is 9.81. The maximum atomic E-state index is 12.5. The number of hydrogen-bond donors (Lipinski definition) is 0. The van der Waals surface area contributed by atoms with Crippen LogP contribution in [-0.4, -0.2) is 23.4 Å². The van der Waals surface area contributed by atoms with Crippen molar-refractivity contribution < 1.29 is 4.79 Å². The van der Waals surface area contributed by atoms with E-state index < -0.39 is 10.9 Å². The molecular formula is C16H19ClN2O. The number of hydrogen-bond acceptors (Lipinski definition) is 2. The Balaban J connectivity index is 2.17. The second kappa shape index (κ2) is 6.28. The zero-order chi connectivity index (χ0) is 14.6. The quantitative estimate of drug-likeness (QED) is 0.798. The van der Waals surface area contributed by atoms with E-state index >= 15 is 0 Å². The van der Waals surface area contributed by atoms with Gasteiger partial charge < -0.3 is 4.90 Å². The summed E-state index contributed by atoms with van der Waals surface area (Å²) >= 11 is 6.29. The Morgan fingerprint density at radius 1 is 1.30 bits per heavy atom. The number of nitrogens with zero attached hydrogens (tertiary/aromatic N) is 2. The molecule has 0 spiro atoms. The highest BCUT2D eigenvalue weighted by molar-refractivity contribution is 6.30. The van der Waals surface area contributed by atoms with Gasteiger partial charge in [0.15, 0.2) is 0 Å². The van der Waals surface area contributed by atoms with Crippen LogP contribution in [0.25, 0.3) is 0 Å². The predicted molar refractivity (Wildman–Crippen MR) is 79.2 cm³/mol. The molecule has 0 heterocycles. The van der Waals surface area contributed by atoms with Gasteiger partial charge in [-0.3, -0.25) is 4.79 Å². The molecule has 1 unspecified atom stereocenters. The van der Waals surface area contributed by atoms with Gasteiger partial charge in [-0.2, -0.15) is 5.26 Å². The van der Waals surface area contributed by atoms with Crippen LogP contribution in [0.5, 0.6) is 0 Å². The summed E-state index contributed by atoms with van der Waals surface area (Å²) in [6.07, 6.45) is 4.59. The van der Waals surface area contributed by atoms with Crippen LogP contribution < -0.4 is 0 Å². The van der Waals surface area contributed by atoms with Crippen LogP contribution in [0, 0.1) is 11.3 Å². The van der Waals surface area contributed by atoms with E-state index in [-0.39, 0.29) is 5.91 Å². The Kier molecular flexibility index (Phi) is 4.67. The average Bonchev–Trinajstić information content (AvgIpc) is 2.54. The zero-order valence-electron chi connectivity index (χ0n) is 11.7. The Bertz CT molecular complexity index is 503. The Hall–Kier alpha value is -1.53. The monoisotopic (exact) mass is 290 g/mol. The topological polar surface area (TPSA) is 44.1 Å². The van der Waals surface area contributed by atoms with Crippen molar-refractivity contribution in [2.75, 3.05) is 7.05 Å². The molecule has 1 saturated carbocycles. The summed E-state index contributed by atoms with van der Waals surface area (Å²) in [5.74, 6) is -0.193. The molecule has 1 aromatic carbocycles. The number of nitriles is 1. The predicted octanol–water partition coefficient (Wildman–Crippen LogP) is 3.65. The summed E-state index contributed by atoms with van der Waals surface area (Å²) < 4.78 is 0. The number of benzene rings is 1. The number of halogens is 1. The largest absolute Gasteiger partial charge is 0.325 e. The maximum absolute atomic E-state index is 12.5. The first-order valence-corrected chi connectivity index (χ1v) is 7.42. The molecule has 0 radical (unpaired) electrons. The van der Waals surface area contributed by atoms with Gasteiger partial charge in [-0.1, -0.05) is 49.6 Å². The molecule has 0 N–H and O–H groups in total. The van der Waals surface area contributed by atoms with Crippen LogP contribution in [0.3, 0.4) is 0 Å². The van der Waals surface area contributed by atoms with Gasteiger partial charge in [-0.05, 0) is 18.4 Å². The third-order valence-electron chi connectivity index (χ3n) is 4.17. The molecule has 20 heavy (non-hydrogen) atoms. The summed E-state index contributed by atoms with van der Waals surface area (Å²) in [5.41, 5.74) is 0.0898. The summed E-state index contributed by atoms with van der Waals surface area (Å²) in [5, 5.41) is 8.80. The van der Waals surface area contributed by atoms with Crippen LogP contribution in [0.2, 0.25) is 0 Å². The van der Waals surface area contributed by atoms with Gasteiger partial charge >= 0.3 is 0 Å². The fraction of sp³-hybridized carbons (Fsp3) is 0.500. The summed E-state index contributed by atoms with van der Waals surface area (Å²) in [6, 6.07) is 11.6. The highest BCUT2D eigenvalue weighted by Gasteiger charge is 2.40. The molecule has 106 valence electrons. The van der Waals surface area contributed by atoms with Crippen molar-refractivity contribution in [3.8, 4) is 6.07 Å². The van der Waals surface area contributed by atoms with Crippen molar-refractivity contribution in [1.29, 1.82) is 5.26 Å². The molecule has 1 aliphatic carbocycles. The fourth-order valence-electron chi connectivity index (χ4n) is 2.80. The first-order chi connectivity index (χ1) is 9.60. The van der Waals surface area contributed by atoms with Gasteiger partial charge in [0, 0.05) is 7.05 Å². The van der Waals surface area contributed by atoms with Gasteiger partial charge in [0.05, 0.1) is 6.07 Å². The van der Waals surface area contributed by atoms with E-state index in [9.17, 15) is 10.1 Å². The molecule has 3 nitrogen and oxygen atoms in total. The minimum Gasteiger partial charge on any atom is -0.325 e. The molecule has 1 fully saturated rings. The van der Waals surface area contributed by atoms with Crippen LogP contribution in [0.4, 0.5) is 0 Å². The number of rotatable bonds is 3. The van der Waals surface area contributed by atoms with Crippen LogP contribution in [0.15, 0.2) is 30.3 Å². The highest BCUT2D eigenvalue weighted by Crippen LogP contribution is 2.35. The van der Waals surface area contributed by atoms with Crippen molar-refractivity contribution in [3.63, 3.8) is 0 Å². The van der Waals surface area contributed by atoms with Crippen molar-refractivity contribution in [3.05, 3.63) is 35.9 Å². The van der Waals surface area contributed by atoms with Crippen molar-refractivity contribution in [2.24, 2.45) is 0 Å². The normalized spacial score (nSPS) is 18.9. The number of alkyl halides is 1. The minimum absolute atomic E-state index is 0.193. The molecule has 0 saturated heterocycles. The molecule has 0 bridgehead atoms. The standard InChI is InChI=1S/C16H19ClN2O/c1-19(16(12-18)10-6-3-7-11-16)15(20)14(17)13-8-4-2-5-9-13/h2,4-5,8-9,14H,3,6-7,10-11H2,1H3. The van der Waals surface area contributed by atoms with Gasteiger partial charge in [-0.15, -0.1) is 11.6 Å². The van der Waals surface area contributed by atoms with E-state index in [1.807, 2.05) is 30.3 Å². The number of carbonyl (C=O) groups excluding carboxylic acids is 1. The van der Waals surface area contributed by atoms with Crippen LogP contribution in [0.1, 0.15) is 43.0 Å². The minimum atomic E-state index is -0.728. The SMILES string of the molecule is CN(C(=O)C(Cl)c1ccccc1)C1(C#N)CCCCC1. The second-order valence-electron chi connectivity index (χ2n) is 5.37. The third-order valence-corrected chi connectivity index (χ3v) is 4.61. The molecule has 0 aliphatic heterocycles. The Labute approximate surface area is 125 Å². The smallest absolute Gasteiger partial charge is 0.246 e. The zero-order valence-corrected chi connectivity index (χ0v) is 12.4. The Morgan fingerprint density at radius 2 is 1.90 bits per heavy atom. The summed E-state index contributed by atoms with van der Waals surface area (Å²) in [6.45, 7) is 0. The summed E-state index contributed by atoms with van der Waals surface area (Å²) in [4.78, 5) is 14.1. The lowest BCUT2D eigenvalue weighted by Gasteiger charge is -2.39. The van der Waals surface area contributed by atoms with Crippen molar-refractivity contribution >= 4 is 17.5 Å². The second-order valence-corrected chi connectivity index (χ2v) is 5.81. The Morgan fingerprint density at radius 3 is 2.45 bits per heavy atom. The molecule has 1 amide bonds. The number of likely N-dealkylation sites (N-methyl/N-ethyl adjacent to an activating group) is 1. The van der Waals surface area contributed by atoms with E-state index in [4.69, 9.17) is 11.6 Å². The molecular weight excluding hydrogens is 272 g/mol. The van der Waals surface area contributed by atoms with E-state index in [0.717, 1.165) is 37.7 Å². The molecule has 1 atom stereocenters. The van der Waals surface area contributed by atoms with Crippen LogP contribution in [-0.2, 0) is 4.79 Å². The number of carbonyl (C=O) groups is 1. The molecule has 1 aliphatic rings. The first-order valence-electron chi connectivity index (χ1n) is 6.99. The highest BCUT2D eigenvalue weighted by atomic mass is 35.5. The molecule has 2 rings (SSSR count). The van der Waals surface area contributed by atoms with E-state index in [1.165, 1.54) is 0 Å². The van der Waals surface area contributed by atoms with E-state index in [2.05, 4.69) is 6.07 Å². The molecule has 0 aromatic heterocycles. The molecule has 4 heteroatoms. The van der Waals surface area contributed by atoms with Gasteiger partial charge in [0.25, 0.3) is 0 Å². The van der Waals surface area contributed by atoms with Gasteiger partial charge in [0.1, 0.15) is 10.9 Å². The van der Waals surface area contributed by atoms with Crippen molar-refractivity contribution in [1.82, 2.24) is 4.90 Å². The number of amides is 1. The molecule has 1 aromatic rings. The lowest BCUT2D eigenvalue weighted by molar-refractivity contribution is -0.134. The first kappa shape index (κ1) is 14.9. The van der Waals surface area contributed by atoms with E-state index in [1.54, 1.807) is 11.9 Å². The fourth-order valence-corrected chi connectivity index (χ4v) is 3.10. The van der Waals surface area contributed by atoms with Gasteiger partial charge in [-0.25, -0.2) is 0 Å². The van der Waals surface area contributed by atoms with Crippen LogP contribution >= 0.6 is 11.6 Å². The lowest BCUT2D eigenvalue weighted by Crippen LogP contribution is -2.50. The van der Waals surface area contributed by atoms with Gasteiger partial charge in [0.2, 0.25) is 5.91 Å². The summed E-state index contributed by atoms with van der Waals surface area (Å²) in [7, 11) is 1.70. The average molecular weight is 291 g/mol. The maximum Gasteiger partial charge on any atom is 0.246 e. The van der Waals surface area contributed by atoms with Crippen molar-refractivity contribution in [2.45, 2.75) is 43.0 Å². The van der Waals surface area contributed by atoms with E-state index in [0.29, 0.717) is 0 Å².